The van der Waals surface area contributed by atoms with Gasteiger partial charge in [0.05, 0.1) is 0 Å². The number of hydrogen-bond donors (Lipinski definition) is 1. The predicted octanol–water partition coefficient (Wildman–Crippen LogP) is 2.29. The van der Waals surface area contributed by atoms with Crippen LogP contribution in [0.2, 0.25) is 0 Å². The van der Waals surface area contributed by atoms with E-state index in [9.17, 15) is 17.6 Å². The molecule has 0 heterocycles. The van der Waals surface area contributed by atoms with Crippen LogP contribution < -0.4 is 10.1 Å². The second kappa shape index (κ2) is 7.09. The van der Waals surface area contributed by atoms with Crippen molar-refractivity contribution in [1.29, 1.82) is 0 Å². The minimum absolute atomic E-state index is 0.0504. The molecule has 21 heavy (non-hydrogen) atoms. The maximum absolute atomic E-state index is 13.1. The molecule has 118 valence electrons. The van der Waals surface area contributed by atoms with E-state index in [-0.39, 0.29) is 24.3 Å². The zero-order valence-corrected chi connectivity index (χ0v) is 13.5. The van der Waals surface area contributed by atoms with Crippen LogP contribution in [0.5, 0.6) is 5.75 Å². The molecule has 0 spiro atoms. The van der Waals surface area contributed by atoms with Gasteiger partial charge >= 0.3 is 0 Å². The molecule has 0 aliphatic carbocycles. The van der Waals surface area contributed by atoms with E-state index in [1.165, 1.54) is 0 Å². The van der Waals surface area contributed by atoms with E-state index in [4.69, 9.17) is 15.4 Å². The van der Waals surface area contributed by atoms with E-state index in [0.717, 1.165) is 18.2 Å². The van der Waals surface area contributed by atoms with Gasteiger partial charge < -0.3 is 10.1 Å². The summed E-state index contributed by atoms with van der Waals surface area (Å²) in [7, 11) is 1.04. The Kier molecular flexibility index (Phi) is 5.98. The number of halogens is 2. The monoisotopic (exact) mass is 337 g/mol. The number of ether oxygens (including phenoxy) is 1. The van der Waals surface area contributed by atoms with Crippen molar-refractivity contribution in [1.82, 2.24) is 5.32 Å². The highest BCUT2D eigenvalue weighted by molar-refractivity contribution is 8.13. The maximum Gasteiger partial charge on any atom is 0.265 e. The molecule has 8 heteroatoms. The van der Waals surface area contributed by atoms with Crippen LogP contribution in [-0.2, 0) is 13.8 Å². The Morgan fingerprint density at radius 1 is 1.38 bits per heavy atom. The summed E-state index contributed by atoms with van der Waals surface area (Å²) in [6.07, 6.45) is 0. The molecule has 1 N–H and O–H groups in total. The van der Waals surface area contributed by atoms with Gasteiger partial charge in [-0.05, 0) is 31.0 Å². The predicted molar refractivity (Wildman–Crippen MR) is 77.4 cm³/mol. The van der Waals surface area contributed by atoms with Gasteiger partial charge in [0, 0.05) is 16.7 Å². The Balaban J connectivity index is 2.79. The molecule has 0 aromatic heterocycles. The van der Waals surface area contributed by atoms with E-state index in [2.05, 4.69) is 5.32 Å². The first-order valence-electron chi connectivity index (χ1n) is 6.27. The molecule has 0 radical (unpaired) electrons. The van der Waals surface area contributed by atoms with E-state index in [1.807, 2.05) is 20.8 Å². The van der Waals surface area contributed by atoms with Crippen molar-refractivity contribution in [3.05, 3.63) is 24.0 Å². The molecule has 0 saturated carbocycles. The minimum Gasteiger partial charge on any atom is -0.482 e. The van der Waals surface area contributed by atoms with Crippen molar-refractivity contribution in [2.45, 2.75) is 31.7 Å². The van der Waals surface area contributed by atoms with Gasteiger partial charge in [-0.2, -0.15) is 0 Å². The lowest BCUT2D eigenvalue weighted by Gasteiger charge is -2.17. The van der Waals surface area contributed by atoms with Crippen molar-refractivity contribution in [3.63, 3.8) is 0 Å². The quantitative estimate of drug-likeness (QED) is 0.808. The summed E-state index contributed by atoms with van der Waals surface area (Å²) in [5, 5.41) is 2.70. The van der Waals surface area contributed by atoms with Crippen LogP contribution in [0.4, 0.5) is 4.39 Å². The minimum atomic E-state index is -4.16. The van der Waals surface area contributed by atoms with Gasteiger partial charge in [-0.25, -0.2) is 12.8 Å². The lowest BCUT2D eigenvalue weighted by Crippen LogP contribution is -2.39. The van der Waals surface area contributed by atoms with Crippen LogP contribution in [-0.4, -0.2) is 27.0 Å². The summed E-state index contributed by atoms with van der Waals surface area (Å²) in [6, 6.07) is 2.83. The highest BCUT2D eigenvalue weighted by Gasteiger charge is 2.19. The van der Waals surface area contributed by atoms with Crippen molar-refractivity contribution in [3.8, 4) is 5.75 Å². The number of hydrogen-bond acceptors (Lipinski definition) is 4. The summed E-state index contributed by atoms with van der Waals surface area (Å²) >= 11 is 0. The van der Waals surface area contributed by atoms with Crippen LogP contribution in [0.15, 0.2) is 23.1 Å². The summed E-state index contributed by atoms with van der Waals surface area (Å²) in [5.74, 6) is -1.09. The molecule has 0 aliphatic rings. The fourth-order valence-corrected chi connectivity index (χ4v) is 2.38. The molecular weight excluding hydrogens is 321 g/mol. The largest absolute Gasteiger partial charge is 0.482 e. The van der Waals surface area contributed by atoms with Gasteiger partial charge in [0.25, 0.3) is 15.0 Å². The van der Waals surface area contributed by atoms with Crippen LogP contribution in [0.25, 0.3) is 0 Å². The van der Waals surface area contributed by atoms with E-state index < -0.39 is 25.7 Å². The summed E-state index contributed by atoms with van der Waals surface area (Å²) < 4.78 is 40.9. The lowest BCUT2D eigenvalue weighted by atomic mass is 10.1. The van der Waals surface area contributed by atoms with Crippen LogP contribution in [0.3, 0.4) is 0 Å². The Hall–Kier alpha value is -1.34. The first kappa shape index (κ1) is 17.7. The molecular formula is C13H17ClFNO4S. The zero-order valence-electron chi connectivity index (χ0n) is 11.9. The zero-order chi connectivity index (χ0) is 16.2. The standard InChI is InChI=1S/C13H17ClFNO4S/c1-8(2)9(3)16-13(17)7-20-11-5-4-10(15)6-12(11)21(14,18)19/h4-6,8-9H,7H2,1-3H3,(H,16,17). The molecule has 5 nitrogen and oxygen atoms in total. The third kappa shape index (κ3) is 5.51. The van der Waals surface area contributed by atoms with Crippen LogP contribution in [0.1, 0.15) is 20.8 Å². The number of amides is 1. The number of nitrogens with one attached hydrogen (secondary N) is 1. The Morgan fingerprint density at radius 3 is 2.52 bits per heavy atom. The Morgan fingerprint density at radius 2 is 2.00 bits per heavy atom. The molecule has 1 amide bonds. The molecule has 0 aliphatic heterocycles. The molecule has 1 unspecified atom stereocenters. The van der Waals surface area contributed by atoms with Gasteiger partial charge in [0.15, 0.2) is 6.61 Å². The molecule has 0 saturated heterocycles. The number of carbonyl (C=O) groups is 1. The average molecular weight is 338 g/mol. The number of carbonyl (C=O) groups excluding carboxylic acids is 1. The fourth-order valence-electron chi connectivity index (χ4n) is 1.40. The molecule has 0 bridgehead atoms. The fraction of sp³-hybridized carbons (Fsp3) is 0.462. The number of rotatable bonds is 6. The van der Waals surface area contributed by atoms with Crippen molar-refractivity contribution < 1.29 is 22.3 Å². The Bertz CT molecular complexity index is 619. The molecule has 0 fully saturated rings. The third-order valence-corrected chi connectivity index (χ3v) is 4.26. The lowest BCUT2D eigenvalue weighted by molar-refractivity contribution is -0.124. The smallest absolute Gasteiger partial charge is 0.265 e. The highest BCUT2D eigenvalue weighted by Crippen LogP contribution is 2.27. The van der Waals surface area contributed by atoms with Gasteiger partial charge in [0.1, 0.15) is 16.5 Å². The summed E-state index contributed by atoms with van der Waals surface area (Å²) in [6.45, 7) is 5.35. The Labute approximate surface area is 127 Å². The van der Waals surface area contributed by atoms with Crippen molar-refractivity contribution >= 4 is 25.6 Å². The SMILES string of the molecule is CC(C)C(C)NC(=O)COc1ccc(F)cc1S(=O)(=O)Cl. The van der Waals surface area contributed by atoms with Crippen LogP contribution in [0, 0.1) is 11.7 Å². The van der Waals surface area contributed by atoms with Gasteiger partial charge in [-0.3, -0.25) is 4.79 Å². The molecule has 1 aromatic carbocycles. The van der Waals surface area contributed by atoms with E-state index >= 15 is 0 Å². The first-order valence-corrected chi connectivity index (χ1v) is 8.58. The van der Waals surface area contributed by atoms with Crippen molar-refractivity contribution in [2.75, 3.05) is 6.61 Å². The first-order chi connectivity index (χ1) is 9.61. The average Bonchev–Trinajstić information content (AvgIpc) is 2.35. The van der Waals surface area contributed by atoms with Crippen LogP contribution >= 0.6 is 10.7 Å². The summed E-state index contributed by atoms with van der Waals surface area (Å²) in [4.78, 5) is 11.2. The molecule has 1 atom stereocenters. The maximum atomic E-state index is 13.1. The second-order valence-corrected chi connectivity index (χ2v) is 7.45. The topological polar surface area (TPSA) is 72.5 Å². The van der Waals surface area contributed by atoms with Crippen molar-refractivity contribution in [2.24, 2.45) is 5.92 Å². The number of benzene rings is 1. The summed E-state index contributed by atoms with van der Waals surface area (Å²) in [5.41, 5.74) is 0. The van der Waals surface area contributed by atoms with Gasteiger partial charge in [-0.15, -0.1) is 0 Å². The molecule has 1 aromatic rings. The highest BCUT2D eigenvalue weighted by atomic mass is 35.7. The molecule has 1 rings (SSSR count). The second-order valence-electron chi connectivity index (χ2n) is 4.92. The third-order valence-electron chi connectivity index (χ3n) is 2.92. The normalized spacial score (nSPS) is 13.0. The van der Waals surface area contributed by atoms with Gasteiger partial charge in [-0.1, -0.05) is 13.8 Å². The van der Waals surface area contributed by atoms with E-state index in [1.54, 1.807) is 0 Å². The van der Waals surface area contributed by atoms with E-state index in [0.29, 0.717) is 0 Å². The van der Waals surface area contributed by atoms with Gasteiger partial charge in [0.2, 0.25) is 0 Å².